The Balaban J connectivity index is 1.46. The molecule has 0 aliphatic carbocycles. The second kappa shape index (κ2) is 8.54. The summed E-state index contributed by atoms with van der Waals surface area (Å²) in [7, 11) is 1.65. The number of carbonyl (C=O) groups is 1. The van der Waals surface area contributed by atoms with Gasteiger partial charge in [-0.05, 0) is 43.3 Å². The van der Waals surface area contributed by atoms with Gasteiger partial charge in [0.2, 0.25) is 0 Å². The van der Waals surface area contributed by atoms with Crippen LogP contribution in [0.3, 0.4) is 0 Å². The van der Waals surface area contributed by atoms with Gasteiger partial charge in [0.05, 0.1) is 36.4 Å². The van der Waals surface area contributed by atoms with Gasteiger partial charge in [0, 0.05) is 17.8 Å². The smallest absolute Gasteiger partial charge is 0.284 e. The third-order valence-corrected chi connectivity index (χ3v) is 6.04. The number of hydrogen-bond acceptors (Lipinski definition) is 6. The van der Waals surface area contributed by atoms with Crippen LogP contribution in [0.5, 0.6) is 5.75 Å². The maximum atomic E-state index is 12.6. The Hall–Kier alpha value is -3.39. The molecule has 2 aromatic carbocycles. The second-order valence-corrected chi connectivity index (χ2v) is 8.04. The SMILES string of the molecule is COc1ccc(/N=C(\C)N2CCc3nc(C(=O)Nc4ccccc4N)sc3C2)cc1. The van der Waals surface area contributed by atoms with Crippen molar-refractivity contribution in [2.24, 2.45) is 4.99 Å². The first-order valence-electron chi connectivity index (χ1n) is 9.62. The van der Waals surface area contributed by atoms with Crippen molar-refractivity contribution in [1.82, 2.24) is 9.88 Å². The van der Waals surface area contributed by atoms with Crippen molar-refractivity contribution in [1.29, 1.82) is 0 Å². The lowest BCUT2D eigenvalue weighted by atomic mass is 10.2. The first kappa shape index (κ1) is 19.9. The van der Waals surface area contributed by atoms with Crippen molar-refractivity contribution in [2.45, 2.75) is 19.9 Å². The number of amidine groups is 1. The monoisotopic (exact) mass is 421 g/mol. The number of rotatable bonds is 4. The third kappa shape index (κ3) is 4.28. The Morgan fingerprint density at radius 1 is 1.23 bits per heavy atom. The molecule has 1 aromatic heterocycles. The number of hydrogen-bond donors (Lipinski definition) is 2. The Bertz CT molecular complexity index is 1090. The first-order chi connectivity index (χ1) is 14.5. The maximum absolute atomic E-state index is 12.6. The summed E-state index contributed by atoms with van der Waals surface area (Å²) in [5.41, 5.74) is 8.91. The molecule has 3 aromatic rings. The number of aliphatic imine (C=N–C) groups is 1. The summed E-state index contributed by atoms with van der Waals surface area (Å²) in [5, 5.41) is 3.30. The van der Waals surface area contributed by atoms with Crippen LogP contribution in [0.15, 0.2) is 53.5 Å². The van der Waals surface area contributed by atoms with Crippen LogP contribution >= 0.6 is 11.3 Å². The van der Waals surface area contributed by atoms with Gasteiger partial charge in [-0.25, -0.2) is 9.98 Å². The van der Waals surface area contributed by atoms with Gasteiger partial charge in [-0.2, -0.15) is 0 Å². The molecule has 4 rings (SSSR count). The van der Waals surface area contributed by atoms with Crippen LogP contribution in [0, 0.1) is 0 Å². The van der Waals surface area contributed by atoms with Gasteiger partial charge in [0.1, 0.15) is 11.6 Å². The average molecular weight is 422 g/mol. The van der Waals surface area contributed by atoms with Crippen molar-refractivity contribution in [3.8, 4) is 5.75 Å². The topological polar surface area (TPSA) is 92.8 Å². The number of anilines is 2. The number of carbonyl (C=O) groups excluding carboxylic acids is 1. The standard InChI is InChI=1S/C22H23N5O2S/c1-14(24-15-7-9-16(29-2)10-8-15)27-12-11-19-20(13-27)30-22(26-19)21(28)25-18-6-4-3-5-17(18)23/h3-10H,11-13,23H2,1-2H3,(H,25,28)/b24-14+. The van der Waals surface area contributed by atoms with E-state index in [1.165, 1.54) is 11.3 Å². The number of methoxy groups -OCH3 is 1. The van der Waals surface area contributed by atoms with E-state index in [0.29, 0.717) is 22.9 Å². The lowest BCUT2D eigenvalue weighted by Crippen LogP contribution is -2.33. The Labute approximate surface area is 179 Å². The molecule has 7 nitrogen and oxygen atoms in total. The molecule has 0 fully saturated rings. The molecule has 1 aliphatic rings. The maximum Gasteiger partial charge on any atom is 0.284 e. The van der Waals surface area contributed by atoms with E-state index in [0.717, 1.165) is 40.8 Å². The van der Waals surface area contributed by atoms with Crippen molar-refractivity contribution < 1.29 is 9.53 Å². The van der Waals surface area contributed by atoms with Crippen molar-refractivity contribution in [3.05, 3.63) is 64.1 Å². The molecule has 3 N–H and O–H groups in total. The quantitative estimate of drug-likeness (QED) is 0.376. The van der Waals surface area contributed by atoms with E-state index >= 15 is 0 Å². The summed E-state index contributed by atoms with van der Waals surface area (Å²) in [6.07, 6.45) is 0.780. The number of amides is 1. The molecule has 1 aliphatic heterocycles. The lowest BCUT2D eigenvalue weighted by Gasteiger charge is -2.27. The van der Waals surface area contributed by atoms with Gasteiger partial charge >= 0.3 is 0 Å². The predicted molar refractivity (Wildman–Crippen MR) is 121 cm³/mol. The van der Waals surface area contributed by atoms with E-state index in [1.54, 1.807) is 19.2 Å². The highest BCUT2D eigenvalue weighted by atomic mass is 32.1. The molecule has 0 spiro atoms. The Morgan fingerprint density at radius 2 is 2.00 bits per heavy atom. The fourth-order valence-electron chi connectivity index (χ4n) is 3.27. The zero-order valence-electron chi connectivity index (χ0n) is 16.9. The minimum absolute atomic E-state index is 0.234. The van der Waals surface area contributed by atoms with Crippen LogP contribution in [-0.2, 0) is 13.0 Å². The summed E-state index contributed by atoms with van der Waals surface area (Å²) in [4.78, 5) is 25.2. The summed E-state index contributed by atoms with van der Waals surface area (Å²) in [5.74, 6) is 1.51. The van der Waals surface area contributed by atoms with Gasteiger partial charge in [0.25, 0.3) is 5.91 Å². The third-order valence-electron chi connectivity index (χ3n) is 4.96. The Morgan fingerprint density at radius 3 is 2.73 bits per heavy atom. The van der Waals surface area contributed by atoms with E-state index in [9.17, 15) is 4.79 Å². The molecule has 0 bridgehead atoms. The molecule has 8 heteroatoms. The van der Waals surface area contributed by atoms with Crippen LogP contribution in [-0.4, -0.2) is 35.3 Å². The fourth-order valence-corrected chi connectivity index (χ4v) is 4.29. The number of aromatic nitrogens is 1. The summed E-state index contributed by atoms with van der Waals surface area (Å²) >= 11 is 1.42. The fraction of sp³-hybridized carbons (Fsp3) is 0.227. The number of nitrogens with zero attached hydrogens (tertiary/aromatic N) is 3. The van der Waals surface area contributed by atoms with Crippen molar-refractivity contribution in [3.63, 3.8) is 0 Å². The summed E-state index contributed by atoms with van der Waals surface area (Å²) < 4.78 is 5.19. The molecule has 0 saturated heterocycles. The van der Waals surface area contributed by atoms with Gasteiger partial charge in [-0.3, -0.25) is 4.79 Å². The zero-order chi connectivity index (χ0) is 21.1. The summed E-state index contributed by atoms with van der Waals surface area (Å²) in [6.45, 7) is 3.51. The van der Waals surface area contributed by atoms with Crippen LogP contribution in [0.2, 0.25) is 0 Å². The van der Waals surface area contributed by atoms with Gasteiger partial charge < -0.3 is 20.7 Å². The molecule has 30 heavy (non-hydrogen) atoms. The highest BCUT2D eigenvalue weighted by Gasteiger charge is 2.24. The van der Waals surface area contributed by atoms with Gasteiger partial charge in [-0.1, -0.05) is 12.1 Å². The van der Waals surface area contributed by atoms with E-state index in [1.807, 2.05) is 43.3 Å². The number of nitrogens with two attached hydrogens (primary N) is 1. The van der Waals surface area contributed by atoms with Crippen molar-refractivity contribution in [2.75, 3.05) is 24.7 Å². The highest BCUT2D eigenvalue weighted by Crippen LogP contribution is 2.27. The van der Waals surface area contributed by atoms with Crippen LogP contribution in [0.4, 0.5) is 17.1 Å². The number of thiazole rings is 1. The molecule has 0 unspecified atom stereocenters. The normalized spacial score (nSPS) is 13.7. The molecular weight excluding hydrogens is 398 g/mol. The molecule has 2 heterocycles. The average Bonchev–Trinajstić information content (AvgIpc) is 3.19. The lowest BCUT2D eigenvalue weighted by molar-refractivity contribution is 0.102. The summed E-state index contributed by atoms with van der Waals surface area (Å²) in [6, 6.07) is 14.9. The molecule has 0 saturated carbocycles. The molecule has 0 atom stereocenters. The number of benzene rings is 2. The molecule has 1 amide bonds. The predicted octanol–water partition coefficient (Wildman–Crippen LogP) is 4.09. The number of fused-ring (bicyclic) bond motifs is 1. The number of ether oxygens (including phenoxy) is 1. The van der Waals surface area contributed by atoms with E-state index in [4.69, 9.17) is 15.5 Å². The van der Waals surface area contributed by atoms with Crippen LogP contribution < -0.4 is 15.8 Å². The van der Waals surface area contributed by atoms with E-state index in [2.05, 4.69) is 15.2 Å². The van der Waals surface area contributed by atoms with Gasteiger partial charge in [0.15, 0.2) is 5.01 Å². The molecule has 154 valence electrons. The molecular formula is C22H23N5O2S. The highest BCUT2D eigenvalue weighted by molar-refractivity contribution is 7.13. The first-order valence-corrected chi connectivity index (χ1v) is 10.4. The van der Waals surface area contributed by atoms with Crippen LogP contribution in [0.1, 0.15) is 27.3 Å². The number of nitrogens with one attached hydrogen (secondary N) is 1. The van der Waals surface area contributed by atoms with E-state index in [-0.39, 0.29) is 5.91 Å². The second-order valence-electron chi connectivity index (χ2n) is 6.96. The van der Waals surface area contributed by atoms with Gasteiger partial charge in [-0.15, -0.1) is 11.3 Å². The molecule has 0 radical (unpaired) electrons. The van der Waals surface area contributed by atoms with E-state index < -0.39 is 0 Å². The minimum atomic E-state index is -0.234. The largest absolute Gasteiger partial charge is 0.497 e. The minimum Gasteiger partial charge on any atom is -0.497 e. The van der Waals surface area contributed by atoms with Crippen molar-refractivity contribution >= 4 is 40.1 Å². The Kier molecular flexibility index (Phi) is 5.67. The number of nitrogen functional groups attached to an aromatic ring is 1. The zero-order valence-corrected chi connectivity index (χ0v) is 17.7. The van der Waals surface area contributed by atoms with Crippen LogP contribution in [0.25, 0.3) is 0 Å². The number of para-hydroxylation sites is 2.